The highest BCUT2D eigenvalue weighted by Crippen LogP contribution is 2.26. The lowest BCUT2D eigenvalue weighted by molar-refractivity contribution is -0.138. The molecule has 1 saturated heterocycles. The van der Waals surface area contributed by atoms with Crippen LogP contribution in [0.1, 0.15) is 52.4 Å². The second-order valence-electron chi connectivity index (χ2n) is 6.92. The second kappa shape index (κ2) is 7.05. The van der Waals surface area contributed by atoms with Crippen LogP contribution in [0.25, 0.3) is 0 Å². The van der Waals surface area contributed by atoms with Crippen molar-refractivity contribution in [2.45, 2.75) is 57.9 Å². The van der Waals surface area contributed by atoms with Crippen LogP contribution in [-0.4, -0.2) is 52.4 Å². The summed E-state index contributed by atoms with van der Waals surface area (Å²) in [5.41, 5.74) is 5.58. The molecule has 1 saturated carbocycles. The normalized spacial score (nSPS) is 22.9. The maximum atomic E-state index is 12.7. The van der Waals surface area contributed by atoms with Gasteiger partial charge in [-0.1, -0.05) is 37.9 Å². The molecular weight excluding hydrogens is 282 g/mol. The van der Waals surface area contributed by atoms with Crippen molar-refractivity contribution in [1.29, 1.82) is 0 Å². The number of thiocarbonyl (C=S) groups is 1. The minimum absolute atomic E-state index is 0.257. The predicted octanol–water partition coefficient (Wildman–Crippen LogP) is 2.17. The molecule has 2 fully saturated rings. The number of rotatable bonds is 3. The van der Waals surface area contributed by atoms with Crippen LogP contribution in [0.4, 0.5) is 0 Å². The van der Waals surface area contributed by atoms with E-state index in [1.54, 1.807) is 0 Å². The first-order valence-corrected chi connectivity index (χ1v) is 8.67. The first-order chi connectivity index (χ1) is 9.93. The molecule has 4 nitrogen and oxygen atoms in total. The van der Waals surface area contributed by atoms with Gasteiger partial charge in [0.2, 0.25) is 5.91 Å². The maximum absolute atomic E-state index is 12.7. The summed E-state index contributed by atoms with van der Waals surface area (Å²) < 4.78 is 0. The Hall–Kier alpha value is -0.680. The zero-order chi connectivity index (χ0) is 15.5. The van der Waals surface area contributed by atoms with E-state index in [0.29, 0.717) is 10.9 Å². The van der Waals surface area contributed by atoms with E-state index in [2.05, 4.69) is 23.6 Å². The third-order valence-electron chi connectivity index (χ3n) is 5.19. The molecule has 2 N–H and O–H groups in total. The zero-order valence-corrected chi connectivity index (χ0v) is 14.3. The van der Waals surface area contributed by atoms with Gasteiger partial charge in [0.05, 0.1) is 10.5 Å². The molecule has 2 rings (SSSR count). The predicted molar refractivity (Wildman–Crippen MR) is 90.2 cm³/mol. The van der Waals surface area contributed by atoms with Gasteiger partial charge in [-0.25, -0.2) is 0 Å². The third kappa shape index (κ3) is 3.95. The lowest BCUT2D eigenvalue weighted by atomic mass is 9.97. The molecular formula is C16H29N3OS. The Bertz CT molecular complexity index is 381. The number of carbonyl (C=O) groups excluding carboxylic acids is 1. The standard InChI is InChI=1S/C16H29N3OS/c1-16(2,15(17)21)19-11-9-18(10-12-19)14(20)13-7-5-3-4-6-8-13/h13H,3-12H2,1-2H3,(H2,17,21). The van der Waals surface area contributed by atoms with Crippen molar-refractivity contribution < 1.29 is 4.79 Å². The molecule has 1 aliphatic heterocycles. The third-order valence-corrected chi connectivity index (χ3v) is 5.69. The average molecular weight is 311 g/mol. The van der Waals surface area contributed by atoms with Gasteiger partial charge in [-0.15, -0.1) is 0 Å². The molecule has 21 heavy (non-hydrogen) atoms. The number of hydrogen-bond donors (Lipinski definition) is 1. The fourth-order valence-electron chi connectivity index (χ4n) is 3.43. The molecule has 0 aromatic carbocycles. The minimum Gasteiger partial charge on any atom is -0.392 e. The summed E-state index contributed by atoms with van der Waals surface area (Å²) in [6.07, 6.45) is 7.17. The van der Waals surface area contributed by atoms with E-state index in [1.807, 2.05) is 0 Å². The van der Waals surface area contributed by atoms with E-state index in [-0.39, 0.29) is 11.5 Å². The van der Waals surface area contributed by atoms with Gasteiger partial charge < -0.3 is 10.6 Å². The van der Waals surface area contributed by atoms with Crippen molar-refractivity contribution in [1.82, 2.24) is 9.80 Å². The summed E-state index contributed by atoms with van der Waals surface area (Å²) in [5.74, 6) is 0.646. The van der Waals surface area contributed by atoms with Crippen molar-refractivity contribution in [3.05, 3.63) is 0 Å². The summed E-state index contributed by atoms with van der Waals surface area (Å²) in [6, 6.07) is 0. The molecule has 1 amide bonds. The van der Waals surface area contributed by atoms with Crippen LogP contribution in [0.5, 0.6) is 0 Å². The Labute approximate surface area is 134 Å². The van der Waals surface area contributed by atoms with Crippen molar-refractivity contribution in [3.63, 3.8) is 0 Å². The molecule has 0 unspecified atom stereocenters. The lowest BCUT2D eigenvalue weighted by Gasteiger charge is -2.44. The van der Waals surface area contributed by atoms with Crippen molar-refractivity contribution in [2.24, 2.45) is 11.7 Å². The molecule has 1 aliphatic carbocycles. The topological polar surface area (TPSA) is 49.6 Å². The van der Waals surface area contributed by atoms with Crippen LogP contribution in [0.15, 0.2) is 0 Å². The molecule has 0 aromatic heterocycles. The Balaban J connectivity index is 1.88. The smallest absolute Gasteiger partial charge is 0.225 e. The monoisotopic (exact) mass is 311 g/mol. The summed E-state index contributed by atoms with van der Waals surface area (Å²) in [6.45, 7) is 7.48. The van der Waals surface area contributed by atoms with Gasteiger partial charge >= 0.3 is 0 Å². The fraction of sp³-hybridized carbons (Fsp3) is 0.875. The summed E-state index contributed by atoms with van der Waals surface area (Å²) >= 11 is 5.17. The van der Waals surface area contributed by atoms with Gasteiger partial charge in [0.1, 0.15) is 0 Å². The van der Waals surface area contributed by atoms with Gasteiger partial charge in [-0.2, -0.15) is 0 Å². The van der Waals surface area contributed by atoms with Crippen LogP contribution >= 0.6 is 12.2 Å². The van der Waals surface area contributed by atoms with E-state index in [4.69, 9.17) is 18.0 Å². The van der Waals surface area contributed by atoms with E-state index < -0.39 is 0 Å². The van der Waals surface area contributed by atoms with Crippen LogP contribution in [0, 0.1) is 5.92 Å². The largest absolute Gasteiger partial charge is 0.392 e. The molecule has 120 valence electrons. The van der Waals surface area contributed by atoms with Crippen LogP contribution in [0.2, 0.25) is 0 Å². The molecule has 0 aromatic rings. The summed E-state index contributed by atoms with van der Waals surface area (Å²) in [4.78, 5) is 17.5. The quantitative estimate of drug-likeness (QED) is 0.641. The van der Waals surface area contributed by atoms with Gasteiger partial charge in [0.15, 0.2) is 0 Å². The van der Waals surface area contributed by atoms with Crippen molar-refractivity contribution in [2.75, 3.05) is 26.2 Å². The van der Waals surface area contributed by atoms with Gasteiger partial charge in [0, 0.05) is 32.1 Å². The van der Waals surface area contributed by atoms with Gasteiger partial charge in [0.25, 0.3) is 0 Å². The fourth-order valence-corrected chi connectivity index (χ4v) is 3.56. The second-order valence-corrected chi connectivity index (χ2v) is 7.36. The first-order valence-electron chi connectivity index (χ1n) is 8.26. The number of carbonyl (C=O) groups is 1. The van der Waals surface area contributed by atoms with Crippen LogP contribution < -0.4 is 5.73 Å². The highest BCUT2D eigenvalue weighted by molar-refractivity contribution is 7.80. The average Bonchev–Trinajstić information content (AvgIpc) is 2.75. The zero-order valence-electron chi connectivity index (χ0n) is 13.4. The molecule has 5 heteroatoms. The highest BCUT2D eigenvalue weighted by atomic mass is 32.1. The van der Waals surface area contributed by atoms with Gasteiger partial charge in [-0.3, -0.25) is 9.69 Å². The summed E-state index contributed by atoms with van der Waals surface area (Å²) in [5, 5.41) is 0. The Morgan fingerprint density at radius 2 is 1.57 bits per heavy atom. The van der Waals surface area contributed by atoms with E-state index >= 15 is 0 Å². The van der Waals surface area contributed by atoms with Crippen molar-refractivity contribution >= 4 is 23.1 Å². The number of nitrogens with zero attached hydrogens (tertiary/aromatic N) is 2. The summed E-state index contributed by atoms with van der Waals surface area (Å²) in [7, 11) is 0. The number of piperazine rings is 1. The first kappa shape index (κ1) is 16.7. The van der Waals surface area contributed by atoms with E-state index in [9.17, 15) is 4.79 Å². The molecule has 0 radical (unpaired) electrons. The SMILES string of the molecule is CC(C)(C(N)=S)N1CCN(C(=O)C2CCCCCC2)CC1. The minimum atomic E-state index is -0.257. The molecule has 1 heterocycles. The van der Waals surface area contributed by atoms with Crippen LogP contribution in [-0.2, 0) is 4.79 Å². The molecule has 0 bridgehead atoms. The number of amides is 1. The van der Waals surface area contributed by atoms with Crippen LogP contribution in [0.3, 0.4) is 0 Å². The number of nitrogens with two attached hydrogens (primary N) is 1. The number of hydrogen-bond acceptors (Lipinski definition) is 3. The van der Waals surface area contributed by atoms with Crippen molar-refractivity contribution in [3.8, 4) is 0 Å². The maximum Gasteiger partial charge on any atom is 0.225 e. The molecule has 0 spiro atoms. The Morgan fingerprint density at radius 1 is 1.05 bits per heavy atom. The molecule has 2 aliphatic rings. The Morgan fingerprint density at radius 3 is 2.05 bits per heavy atom. The van der Waals surface area contributed by atoms with Gasteiger partial charge in [-0.05, 0) is 26.7 Å². The lowest BCUT2D eigenvalue weighted by Crippen LogP contribution is -2.60. The van der Waals surface area contributed by atoms with E-state index in [1.165, 1.54) is 25.7 Å². The molecule has 0 atom stereocenters. The highest BCUT2D eigenvalue weighted by Gasteiger charge is 2.34. The Kier molecular flexibility index (Phi) is 5.60. The van der Waals surface area contributed by atoms with E-state index in [0.717, 1.165) is 39.0 Å².